The summed E-state index contributed by atoms with van der Waals surface area (Å²) in [5.74, 6) is 0. The molecular weight excluding hydrogens is 332 g/mol. The third-order valence-electron chi connectivity index (χ3n) is 3.31. The lowest BCUT2D eigenvalue weighted by molar-refractivity contribution is 0.881. The lowest BCUT2D eigenvalue weighted by Crippen LogP contribution is -2.06. The molecule has 0 fully saturated rings. The molecule has 20 heavy (non-hydrogen) atoms. The van der Waals surface area contributed by atoms with Crippen LogP contribution in [0.15, 0.2) is 46.9 Å². The number of aromatic nitrogens is 1. The number of thiazole rings is 1. The minimum atomic E-state index is 0.230. The topological polar surface area (TPSA) is 24.9 Å². The largest absolute Gasteiger partial charge is 0.355 e. The first-order valence-electron chi connectivity index (χ1n) is 6.51. The molecule has 1 unspecified atom stereocenters. The van der Waals surface area contributed by atoms with Gasteiger partial charge in [-0.25, -0.2) is 4.98 Å². The molecule has 0 saturated carbocycles. The number of hydrogen-bond acceptors (Lipinski definition) is 3. The number of nitrogens with zero attached hydrogens (tertiary/aromatic N) is 1. The minimum absolute atomic E-state index is 0.230. The van der Waals surface area contributed by atoms with Gasteiger partial charge in [0.1, 0.15) is 0 Å². The Labute approximate surface area is 131 Å². The zero-order chi connectivity index (χ0) is 14.1. The average molecular weight is 347 g/mol. The lowest BCUT2D eigenvalue weighted by atomic mass is 10.1. The summed E-state index contributed by atoms with van der Waals surface area (Å²) in [7, 11) is 0. The van der Waals surface area contributed by atoms with Crippen molar-refractivity contribution in [2.24, 2.45) is 0 Å². The van der Waals surface area contributed by atoms with Crippen LogP contribution in [0.1, 0.15) is 24.1 Å². The highest BCUT2D eigenvalue weighted by Gasteiger charge is 2.10. The maximum absolute atomic E-state index is 4.70. The average Bonchev–Trinajstić information content (AvgIpc) is 2.83. The number of hydrogen-bond donors (Lipinski definition) is 1. The van der Waals surface area contributed by atoms with E-state index in [1.165, 1.54) is 15.8 Å². The molecule has 0 radical (unpaired) electrons. The Balaban J connectivity index is 1.87. The molecule has 0 saturated heterocycles. The molecule has 2 aromatic carbocycles. The molecule has 3 aromatic rings. The summed E-state index contributed by atoms with van der Waals surface area (Å²) in [6.07, 6.45) is 0. The third-order valence-corrected chi connectivity index (χ3v) is 4.75. The fraction of sp³-hybridized carbons (Fsp3) is 0.188. The van der Waals surface area contributed by atoms with Crippen molar-refractivity contribution >= 4 is 42.6 Å². The summed E-state index contributed by atoms with van der Waals surface area (Å²) in [6.45, 7) is 4.25. The van der Waals surface area contributed by atoms with E-state index in [1.54, 1.807) is 11.3 Å². The van der Waals surface area contributed by atoms with Gasteiger partial charge >= 0.3 is 0 Å². The number of rotatable bonds is 3. The van der Waals surface area contributed by atoms with E-state index in [2.05, 4.69) is 71.5 Å². The first-order valence-corrected chi connectivity index (χ1v) is 8.12. The fourth-order valence-electron chi connectivity index (χ4n) is 2.19. The van der Waals surface area contributed by atoms with Gasteiger partial charge in [0, 0.05) is 4.47 Å². The molecule has 0 aliphatic carbocycles. The zero-order valence-electron chi connectivity index (χ0n) is 11.4. The Morgan fingerprint density at radius 2 is 2.00 bits per heavy atom. The summed E-state index contributed by atoms with van der Waals surface area (Å²) < 4.78 is 2.33. The molecule has 2 nitrogen and oxygen atoms in total. The molecule has 1 aromatic heterocycles. The summed E-state index contributed by atoms with van der Waals surface area (Å²) in [6, 6.07) is 14.9. The van der Waals surface area contributed by atoms with Gasteiger partial charge in [0.25, 0.3) is 0 Å². The molecule has 1 N–H and O–H groups in total. The van der Waals surface area contributed by atoms with Gasteiger partial charge in [0.2, 0.25) is 0 Å². The van der Waals surface area contributed by atoms with Crippen LogP contribution in [0.4, 0.5) is 5.13 Å². The molecule has 0 bridgehead atoms. The molecule has 0 aliphatic rings. The van der Waals surface area contributed by atoms with Crippen molar-refractivity contribution in [1.82, 2.24) is 4.98 Å². The lowest BCUT2D eigenvalue weighted by Gasteiger charge is -2.13. The van der Waals surface area contributed by atoms with Crippen LogP contribution in [0.2, 0.25) is 0 Å². The summed E-state index contributed by atoms with van der Waals surface area (Å²) in [4.78, 5) is 4.70. The van der Waals surface area contributed by atoms with Crippen LogP contribution in [-0.4, -0.2) is 4.98 Å². The molecular formula is C16H15BrN2S. The molecule has 0 aliphatic heterocycles. The zero-order valence-corrected chi connectivity index (χ0v) is 13.8. The van der Waals surface area contributed by atoms with E-state index in [0.717, 1.165) is 15.1 Å². The molecule has 3 rings (SSSR count). The van der Waals surface area contributed by atoms with Crippen LogP contribution >= 0.6 is 27.3 Å². The first kappa shape index (κ1) is 13.6. The van der Waals surface area contributed by atoms with Crippen molar-refractivity contribution in [3.63, 3.8) is 0 Å². The molecule has 0 amide bonds. The maximum atomic E-state index is 4.70. The number of halogens is 1. The molecule has 4 heteroatoms. The number of benzene rings is 2. The Hall–Kier alpha value is -1.39. The Kier molecular flexibility index (Phi) is 3.76. The maximum Gasteiger partial charge on any atom is 0.184 e. The quantitative estimate of drug-likeness (QED) is 0.673. The van der Waals surface area contributed by atoms with Crippen molar-refractivity contribution in [1.29, 1.82) is 0 Å². The number of nitrogens with one attached hydrogen (secondary N) is 1. The van der Waals surface area contributed by atoms with E-state index >= 15 is 0 Å². The predicted octanol–water partition coefficient (Wildman–Crippen LogP) is 5.54. The number of anilines is 1. The van der Waals surface area contributed by atoms with E-state index in [9.17, 15) is 0 Å². The first-order chi connectivity index (χ1) is 9.63. The highest BCUT2D eigenvalue weighted by molar-refractivity contribution is 9.10. The molecule has 1 atom stereocenters. The SMILES string of the molecule is Cc1cccc2sc(NC(C)c3cccc(Br)c3)nc12. The van der Waals surface area contributed by atoms with Gasteiger partial charge in [0.05, 0.1) is 16.3 Å². The summed E-state index contributed by atoms with van der Waals surface area (Å²) in [5, 5.41) is 4.46. The minimum Gasteiger partial charge on any atom is -0.355 e. The van der Waals surface area contributed by atoms with Gasteiger partial charge in [0.15, 0.2) is 5.13 Å². The van der Waals surface area contributed by atoms with E-state index in [1.807, 2.05) is 6.07 Å². The van der Waals surface area contributed by atoms with Crippen molar-refractivity contribution in [3.05, 3.63) is 58.1 Å². The van der Waals surface area contributed by atoms with Gasteiger partial charge in [-0.3, -0.25) is 0 Å². The summed E-state index contributed by atoms with van der Waals surface area (Å²) in [5.41, 5.74) is 3.57. The van der Waals surface area contributed by atoms with Gasteiger partial charge in [-0.05, 0) is 43.2 Å². The normalized spacial score (nSPS) is 12.6. The van der Waals surface area contributed by atoms with Crippen LogP contribution in [0, 0.1) is 6.92 Å². The van der Waals surface area contributed by atoms with Crippen LogP contribution in [0.5, 0.6) is 0 Å². The van der Waals surface area contributed by atoms with Gasteiger partial charge in [-0.1, -0.05) is 51.5 Å². The molecule has 0 spiro atoms. The second-order valence-corrected chi connectivity index (χ2v) is 6.81. The van der Waals surface area contributed by atoms with Crippen molar-refractivity contribution < 1.29 is 0 Å². The van der Waals surface area contributed by atoms with Gasteiger partial charge < -0.3 is 5.32 Å². The van der Waals surface area contributed by atoms with Crippen molar-refractivity contribution in [2.75, 3.05) is 5.32 Å². The van der Waals surface area contributed by atoms with Crippen molar-refractivity contribution in [2.45, 2.75) is 19.9 Å². The van der Waals surface area contributed by atoms with Crippen LogP contribution in [0.3, 0.4) is 0 Å². The third kappa shape index (κ3) is 2.72. The second kappa shape index (κ2) is 5.54. The monoisotopic (exact) mass is 346 g/mol. The van der Waals surface area contributed by atoms with Crippen molar-refractivity contribution in [3.8, 4) is 0 Å². The summed E-state index contributed by atoms with van der Waals surface area (Å²) >= 11 is 5.22. The predicted molar refractivity (Wildman–Crippen MR) is 90.5 cm³/mol. The van der Waals surface area contributed by atoms with Gasteiger partial charge in [-0.2, -0.15) is 0 Å². The standard InChI is InChI=1S/C16H15BrN2S/c1-10-5-3-8-14-15(10)19-16(20-14)18-11(2)12-6-4-7-13(17)9-12/h3-9,11H,1-2H3,(H,18,19). The molecule has 1 heterocycles. The Morgan fingerprint density at radius 3 is 2.75 bits per heavy atom. The van der Waals surface area contributed by atoms with E-state index in [0.29, 0.717) is 0 Å². The smallest absolute Gasteiger partial charge is 0.184 e. The second-order valence-electron chi connectivity index (χ2n) is 4.86. The highest BCUT2D eigenvalue weighted by atomic mass is 79.9. The number of fused-ring (bicyclic) bond motifs is 1. The van der Waals surface area contributed by atoms with E-state index in [-0.39, 0.29) is 6.04 Å². The molecule has 102 valence electrons. The van der Waals surface area contributed by atoms with Crippen LogP contribution in [-0.2, 0) is 0 Å². The Bertz CT molecular complexity index is 751. The fourth-order valence-corrected chi connectivity index (χ4v) is 3.64. The van der Waals surface area contributed by atoms with Gasteiger partial charge in [-0.15, -0.1) is 0 Å². The van der Waals surface area contributed by atoms with E-state index < -0.39 is 0 Å². The highest BCUT2D eigenvalue weighted by Crippen LogP contribution is 2.30. The van der Waals surface area contributed by atoms with E-state index in [4.69, 9.17) is 4.98 Å². The Morgan fingerprint density at radius 1 is 1.20 bits per heavy atom. The van der Waals surface area contributed by atoms with Crippen LogP contribution in [0.25, 0.3) is 10.2 Å². The number of para-hydroxylation sites is 1. The number of aryl methyl sites for hydroxylation is 1. The van der Waals surface area contributed by atoms with Crippen LogP contribution < -0.4 is 5.32 Å².